The van der Waals surface area contributed by atoms with Crippen LogP contribution in [-0.4, -0.2) is 17.9 Å². The first-order valence-corrected chi connectivity index (χ1v) is 4.31. The van der Waals surface area contributed by atoms with Crippen molar-refractivity contribution in [2.45, 2.75) is 13.5 Å². The number of Topliss-reactive ketones (excluding diaryl/α,β-unsaturated/α-hetero) is 1. The van der Waals surface area contributed by atoms with Crippen LogP contribution in [-0.2, 0) is 11.3 Å². The maximum Gasteiger partial charge on any atom is 0.175 e. The number of methoxy groups -OCH3 is 1. The third-order valence-electron chi connectivity index (χ3n) is 1.52. The Bertz CT molecular complexity index is 293. The van der Waals surface area contributed by atoms with Crippen LogP contribution in [0.5, 0.6) is 0 Å². The lowest BCUT2D eigenvalue weighted by molar-refractivity contribution is 0.101. The molecule has 0 amide bonds. The number of hydrogen-bond donors (Lipinski definition) is 1. The highest BCUT2D eigenvalue weighted by molar-refractivity contribution is 9.10. The van der Waals surface area contributed by atoms with Crippen LogP contribution in [0.15, 0.2) is 10.7 Å². The standard InChI is InChI=1S/C8H10BrNO2/c1-5(11)7-3-6(4-12-2)8(9)10-7/h3,10H,4H2,1-2H3. The normalized spacial score (nSPS) is 10.2. The average Bonchev–Trinajstić information content (AvgIpc) is 2.34. The maximum absolute atomic E-state index is 10.9. The second-order valence-corrected chi connectivity index (χ2v) is 3.30. The molecule has 1 heterocycles. The van der Waals surface area contributed by atoms with Gasteiger partial charge in [-0.2, -0.15) is 0 Å². The first kappa shape index (κ1) is 9.48. The van der Waals surface area contributed by atoms with Crippen molar-refractivity contribution in [1.82, 2.24) is 4.98 Å². The lowest BCUT2D eigenvalue weighted by Gasteiger charge is -1.93. The third-order valence-corrected chi connectivity index (χ3v) is 2.23. The molecule has 1 aromatic heterocycles. The zero-order chi connectivity index (χ0) is 9.14. The average molecular weight is 232 g/mol. The zero-order valence-electron chi connectivity index (χ0n) is 6.98. The van der Waals surface area contributed by atoms with Crippen LogP contribution in [0.1, 0.15) is 23.0 Å². The number of rotatable bonds is 3. The smallest absolute Gasteiger partial charge is 0.175 e. The maximum atomic E-state index is 10.9. The van der Waals surface area contributed by atoms with Crippen molar-refractivity contribution in [3.63, 3.8) is 0 Å². The van der Waals surface area contributed by atoms with Gasteiger partial charge in [-0.25, -0.2) is 0 Å². The van der Waals surface area contributed by atoms with E-state index >= 15 is 0 Å². The van der Waals surface area contributed by atoms with Gasteiger partial charge in [0.1, 0.15) is 0 Å². The number of carbonyl (C=O) groups excluding carboxylic acids is 1. The van der Waals surface area contributed by atoms with E-state index in [2.05, 4.69) is 20.9 Å². The fourth-order valence-electron chi connectivity index (χ4n) is 0.922. The third kappa shape index (κ3) is 1.95. The minimum absolute atomic E-state index is 0.0260. The number of ketones is 1. The van der Waals surface area contributed by atoms with Crippen LogP contribution in [0.4, 0.5) is 0 Å². The van der Waals surface area contributed by atoms with Gasteiger partial charge in [0.05, 0.1) is 16.9 Å². The molecule has 3 nitrogen and oxygen atoms in total. The second-order valence-electron chi connectivity index (χ2n) is 2.51. The molecule has 0 fully saturated rings. The Hall–Kier alpha value is -0.610. The van der Waals surface area contributed by atoms with E-state index in [4.69, 9.17) is 4.74 Å². The van der Waals surface area contributed by atoms with Crippen molar-refractivity contribution in [2.75, 3.05) is 7.11 Å². The van der Waals surface area contributed by atoms with Crippen molar-refractivity contribution in [3.8, 4) is 0 Å². The van der Waals surface area contributed by atoms with Crippen LogP contribution >= 0.6 is 15.9 Å². The monoisotopic (exact) mass is 231 g/mol. The van der Waals surface area contributed by atoms with Crippen LogP contribution in [0.2, 0.25) is 0 Å². The van der Waals surface area contributed by atoms with Crippen LogP contribution in [0, 0.1) is 0 Å². The number of ether oxygens (including phenoxy) is 1. The van der Waals surface area contributed by atoms with Gasteiger partial charge in [0, 0.05) is 19.6 Å². The summed E-state index contributed by atoms with van der Waals surface area (Å²) in [5.74, 6) is 0.0260. The molecule has 0 aliphatic heterocycles. The molecule has 0 unspecified atom stereocenters. The molecule has 1 aromatic rings. The molecule has 1 rings (SSSR count). The summed E-state index contributed by atoms with van der Waals surface area (Å²) < 4.78 is 5.75. The topological polar surface area (TPSA) is 42.1 Å². The number of nitrogens with one attached hydrogen (secondary N) is 1. The Morgan fingerprint density at radius 2 is 2.42 bits per heavy atom. The number of aromatic amines is 1. The van der Waals surface area contributed by atoms with Gasteiger partial charge in [-0.15, -0.1) is 0 Å². The number of hydrogen-bond acceptors (Lipinski definition) is 2. The van der Waals surface area contributed by atoms with E-state index in [1.165, 1.54) is 6.92 Å². The zero-order valence-corrected chi connectivity index (χ0v) is 8.56. The molecule has 12 heavy (non-hydrogen) atoms. The van der Waals surface area contributed by atoms with Gasteiger partial charge >= 0.3 is 0 Å². The molecule has 0 saturated heterocycles. The Morgan fingerprint density at radius 1 is 1.75 bits per heavy atom. The van der Waals surface area contributed by atoms with Gasteiger partial charge in [0.25, 0.3) is 0 Å². The van der Waals surface area contributed by atoms with E-state index in [9.17, 15) is 4.79 Å². The molecular formula is C8H10BrNO2. The highest BCUT2D eigenvalue weighted by Gasteiger charge is 2.07. The Labute approximate surface area is 79.2 Å². The summed E-state index contributed by atoms with van der Waals surface area (Å²) in [7, 11) is 1.62. The molecule has 0 aliphatic carbocycles. The molecule has 0 atom stereocenters. The lowest BCUT2D eigenvalue weighted by Crippen LogP contribution is -1.90. The lowest BCUT2D eigenvalue weighted by atomic mass is 10.3. The summed E-state index contributed by atoms with van der Waals surface area (Å²) in [6, 6.07) is 1.79. The molecule has 0 bridgehead atoms. The van der Waals surface area contributed by atoms with Crippen LogP contribution in [0.3, 0.4) is 0 Å². The largest absolute Gasteiger partial charge is 0.380 e. The van der Waals surface area contributed by atoms with Crippen LogP contribution in [0.25, 0.3) is 0 Å². The van der Waals surface area contributed by atoms with E-state index < -0.39 is 0 Å². The molecule has 0 aliphatic rings. The van der Waals surface area contributed by atoms with E-state index in [-0.39, 0.29) is 5.78 Å². The molecule has 0 spiro atoms. The molecule has 4 heteroatoms. The van der Waals surface area contributed by atoms with Crippen LogP contribution < -0.4 is 0 Å². The van der Waals surface area contributed by atoms with Crippen molar-refractivity contribution in [3.05, 3.63) is 21.9 Å². The number of carbonyl (C=O) groups is 1. The van der Waals surface area contributed by atoms with Crippen molar-refractivity contribution in [1.29, 1.82) is 0 Å². The molecule has 1 N–H and O–H groups in total. The summed E-state index contributed by atoms with van der Waals surface area (Å²) in [6.45, 7) is 2.03. The van der Waals surface area contributed by atoms with Crippen molar-refractivity contribution in [2.24, 2.45) is 0 Å². The summed E-state index contributed by atoms with van der Waals surface area (Å²) in [5.41, 5.74) is 1.57. The predicted octanol–water partition coefficient (Wildman–Crippen LogP) is 2.13. The molecule has 66 valence electrons. The van der Waals surface area contributed by atoms with Gasteiger partial charge in [-0.3, -0.25) is 4.79 Å². The fourth-order valence-corrected chi connectivity index (χ4v) is 1.36. The van der Waals surface area contributed by atoms with Gasteiger partial charge in [0.15, 0.2) is 5.78 Å². The second kappa shape index (κ2) is 3.87. The number of halogens is 1. The van der Waals surface area contributed by atoms with Gasteiger partial charge in [-0.1, -0.05) is 0 Å². The van der Waals surface area contributed by atoms with Gasteiger partial charge in [0.2, 0.25) is 0 Å². The minimum atomic E-state index is 0.0260. The first-order valence-electron chi connectivity index (χ1n) is 3.52. The highest BCUT2D eigenvalue weighted by Crippen LogP contribution is 2.18. The fraction of sp³-hybridized carbons (Fsp3) is 0.375. The first-order chi connectivity index (χ1) is 5.65. The van der Waals surface area contributed by atoms with Gasteiger partial charge in [-0.05, 0) is 22.0 Å². The molecule has 0 radical (unpaired) electrons. The van der Waals surface area contributed by atoms with E-state index in [1.54, 1.807) is 13.2 Å². The highest BCUT2D eigenvalue weighted by atomic mass is 79.9. The van der Waals surface area contributed by atoms with Gasteiger partial charge < -0.3 is 9.72 Å². The quantitative estimate of drug-likeness (QED) is 0.811. The Kier molecular flexibility index (Phi) is 3.05. The Balaban J connectivity index is 2.92. The Morgan fingerprint density at radius 3 is 2.83 bits per heavy atom. The summed E-state index contributed by atoms with van der Waals surface area (Å²) in [5, 5.41) is 0. The number of H-pyrrole nitrogens is 1. The van der Waals surface area contributed by atoms with E-state index in [0.29, 0.717) is 12.3 Å². The van der Waals surface area contributed by atoms with E-state index in [0.717, 1.165) is 10.2 Å². The molecule has 0 aromatic carbocycles. The summed E-state index contributed by atoms with van der Waals surface area (Å²) in [4.78, 5) is 13.8. The number of aromatic nitrogens is 1. The predicted molar refractivity (Wildman–Crippen MR) is 49.2 cm³/mol. The molecule has 0 saturated carbocycles. The molecular weight excluding hydrogens is 222 g/mol. The van der Waals surface area contributed by atoms with E-state index in [1.807, 2.05) is 0 Å². The SMILES string of the molecule is COCc1cc(C(C)=O)[nH]c1Br. The summed E-state index contributed by atoms with van der Waals surface area (Å²) >= 11 is 3.30. The minimum Gasteiger partial charge on any atom is -0.380 e. The van der Waals surface area contributed by atoms with Crippen molar-refractivity contribution >= 4 is 21.7 Å². The summed E-state index contributed by atoms with van der Waals surface area (Å²) in [6.07, 6.45) is 0. The van der Waals surface area contributed by atoms with Crippen molar-refractivity contribution < 1.29 is 9.53 Å².